The van der Waals surface area contributed by atoms with Crippen molar-refractivity contribution in [3.63, 3.8) is 0 Å². The molecular weight excluding hydrogens is 359 g/mol. The Labute approximate surface area is 161 Å². The van der Waals surface area contributed by atoms with E-state index in [9.17, 15) is 4.79 Å². The average Bonchev–Trinajstić information content (AvgIpc) is 2.51. The number of hydrogen-bond acceptors (Lipinski definition) is 4. The van der Waals surface area contributed by atoms with E-state index < -0.39 is 0 Å². The second-order valence-electron chi connectivity index (χ2n) is 6.08. The van der Waals surface area contributed by atoms with Gasteiger partial charge in [0, 0.05) is 17.3 Å². The van der Waals surface area contributed by atoms with Gasteiger partial charge in [-0.1, -0.05) is 19.9 Å². The second kappa shape index (κ2) is 10.1. The van der Waals surface area contributed by atoms with Crippen LogP contribution in [0.25, 0.3) is 0 Å². The van der Waals surface area contributed by atoms with Crippen molar-refractivity contribution in [2.75, 3.05) is 16.4 Å². The summed E-state index contributed by atoms with van der Waals surface area (Å²) in [5.41, 5.74) is 8.73. The molecule has 1 aromatic carbocycles. The minimum absolute atomic E-state index is 0. The summed E-state index contributed by atoms with van der Waals surface area (Å²) in [6.45, 7) is 8.41. The summed E-state index contributed by atoms with van der Waals surface area (Å²) in [6, 6.07) is 9.42. The number of amides is 1. The lowest BCUT2D eigenvalue weighted by Gasteiger charge is -2.21. The molecular formula is C18H26Cl2N4O. The number of halogens is 2. The standard InChI is InChI=1S/C18H24N4O.2ClH/c1-11(2)13(4)21-16-7-5-6-15(12(16)3)18(23)22-14-8-9-17(19)20-10-14;;/h5-11,13,21H,1-4H3,(H2,19,20)(H,22,23);2*1H. The van der Waals surface area contributed by atoms with Crippen LogP contribution in [0, 0.1) is 12.8 Å². The van der Waals surface area contributed by atoms with Gasteiger partial charge in [-0.25, -0.2) is 4.98 Å². The Kier molecular flexibility index (Phi) is 9.31. The van der Waals surface area contributed by atoms with Crippen molar-refractivity contribution in [2.45, 2.75) is 33.7 Å². The van der Waals surface area contributed by atoms with Gasteiger partial charge in [-0.15, -0.1) is 24.8 Å². The summed E-state index contributed by atoms with van der Waals surface area (Å²) < 4.78 is 0. The predicted molar refractivity (Wildman–Crippen MR) is 110 cm³/mol. The van der Waals surface area contributed by atoms with Gasteiger partial charge >= 0.3 is 0 Å². The van der Waals surface area contributed by atoms with Crippen molar-refractivity contribution in [1.82, 2.24) is 4.98 Å². The molecule has 1 amide bonds. The van der Waals surface area contributed by atoms with E-state index >= 15 is 0 Å². The first-order valence-corrected chi connectivity index (χ1v) is 7.77. The highest BCUT2D eigenvalue weighted by Gasteiger charge is 2.14. The lowest BCUT2D eigenvalue weighted by atomic mass is 10.0. The van der Waals surface area contributed by atoms with Crippen molar-refractivity contribution < 1.29 is 4.79 Å². The van der Waals surface area contributed by atoms with Crippen molar-refractivity contribution in [1.29, 1.82) is 0 Å². The number of carbonyl (C=O) groups excluding carboxylic acids is 1. The molecule has 138 valence electrons. The molecule has 0 aliphatic rings. The minimum Gasteiger partial charge on any atom is -0.384 e. The van der Waals surface area contributed by atoms with Crippen molar-refractivity contribution in [3.8, 4) is 0 Å². The van der Waals surface area contributed by atoms with E-state index in [1.807, 2.05) is 25.1 Å². The fourth-order valence-corrected chi connectivity index (χ4v) is 2.13. The van der Waals surface area contributed by atoms with Gasteiger partial charge in [-0.05, 0) is 49.6 Å². The fourth-order valence-electron chi connectivity index (χ4n) is 2.13. The Morgan fingerprint density at radius 3 is 2.36 bits per heavy atom. The molecule has 1 aromatic heterocycles. The van der Waals surface area contributed by atoms with E-state index in [0.29, 0.717) is 29.0 Å². The van der Waals surface area contributed by atoms with Gasteiger partial charge < -0.3 is 16.4 Å². The fraction of sp³-hybridized carbons (Fsp3) is 0.333. The highest BCUT2D eigenvalue weighted by Crippen LogP contribution is 2.22. The SMILES string of the molecule is Cc1c(NC(C)C(C)C)cccc1C(=O)Nc1ccc(N)nc1.Cl.Cl. The summed E-state index contributed by atoms with van der Waals surface area (Å²) in [6.07, 6.45) is 1.55. The number of nitrogens with zero attached hydrogens (tertiary/aromatic N) is 1. The molecule has 1 heterocycles. The van der Waals surface area contributed by atoms with E-state index in [2.05, 4.69) is 36.4 Å². The number of pyridine rings is 1. The molecule has 4 N–H and O–H groups in total. The van der Waals surface area contributed by atoms with Gasteiger partial charge in [-0.3, -0.25) is 4.79 Å². The zero-order valence-electron chi connectivity index (χ0n) is 14.9. The van der Waals surface area contributed by atoms with Crippen LogP contribution in [0.3, 0.4) is 0 Å². The van der Waals surface area contributed by atoms with Gasteiger partial charge in [0.1, 0.15) is 5.82 Å². The molecule has 0 aliphatic heterocycles. The number of nitrogens with two attached hydrogens (primary N) is 1. The average molecular weight is 385 g/mol. The van der Waals surface area contributed by atoms with Crippen LogP contribution in [0.5, 0.6) is 0 Å². The number of anilines is 3. The number of nitrogen functional groups attached to an aromatic ring is 1. The Balaban J connectivity index is 0.00000288. The van der Waals surface area contributed by atoms with Crippen LogP contribution in [-0.2, 0) is 0 Å². The molecule has 1 unspecified atom stereocenters. The number of hydrogen-bond donors (Lipinski definition) is 3. The number of nitrogens with one attached hydrogen (secondary N) is 2. The highest BCUT2D eigenvalue weighted by atomic mass is 35.5. The monoisotopic (exact) mass is 384 g/mol. The third-order valence-corrected chi connectivity index (χ3v) is 4.01. The zero-order valence-corrected chi connectivity index (χ0v) is 16.5. The molecule has 5 nitrogen and oxygen atoms in total. The maximum atomic E-state index is 12.5. The molecule has 2 rings (SSSR count). The maximum Gasteiger partial charge on any atom is 0.256 e. The first-order chi connectivity index (χ1) is 10.9. The zero-order chi connectivity index (χ0) is 17.0. The predicted octanol–water partition coefficient (Wildman–Crippen LogP) is 4.52. The summed E-state index contributed by atoms with van der Waals surface area (Å²) in [7, 11) is 0. The van der Waals surface area contributed by atoms with Crippen LogP contribution in [0.15, 0.2) is 36.5 Å². The third kappa shape index (κ3) is 6.11. The topological polar surface area (TPSA) is 80.0 Å². The maximum absolute atomic E-state index is 12.5. The Hall–Kier alpha value is -1.98. The lowest BCUT2D eigenvalue weighted by molar-refractivity contribution is 0.102. The second-order valence-corrected chi connectivity index (χ2v) is 6.08. The van der Waals surface area contributed by atoms with Crippen LogP contribution in [0.1, 0.15) is 36.7 Å². The molecule has 2 aromatic rings. The molecule has 0 bridgehead atoms. The molecule has 25 heavy (non-hydrogen) atoms. The van der Waals surface area contributed by atoms with E-state index in [-0.39, 0.29) is 30.7 Å². The van der Waals surface area contributed by atoms with Crippen LogP contribution >= 0.6 is 24.8 Å². The Bertz CT molecular complexity index is 690. The molecule has 0 saturated carbocycles. The number of aromatic nitrogens is 1. The molecule has 0 radical (unpaired) electrons. The molecule has 0 spiro atoms. The van der Waals surface area contributed by atoms with Gasteiger partial charge in [-0.2, -0.15) is 0 Å². The van der Waals surface area contributed by atoms with Crippen LogP contribution in [0.2, 0.25) is 0 Å². The number of carbonyl (C=O) groups is 1. The van der Waals surface area contributed by atoms with Gasteiger partial charge in [0.2, 0.25) is 0 Å². The van der Waals surface area contributed by atoms with E-state index in [1.54, 1.807) is 18.3 Å². The van der Waals surface area contributed by atoms with Crippen LogP contribution in [0.4, 0.5) is 17.2 Å². The largest absolute Gasteiger partial charge is 0.384 e. The quantitative estimate of drug-likeness (QED) is 0.707. The van der Waals surface area contributed by atoms with E-state index in [0.717, 1.165) is 11.3 Å². The summed E-state index contributed by atoms with van der Waals surface area (Å²) in [4.78, 5) is 16.5. The third-order valence-electron chi connectivity index (χ3n) is 4.01. The highest BCUT2D eigenvalue weighted by molar-refractivity contribution is 6.06. The van der Waals surface area contributed by atoms with Crippen molar-refractivity contribution in [3.05, 3.63) is 47.7 Å². The Morgan fingerprint density at radius 2 is 1.80 bits per heavy atom. The molecule has 0 fully saturated rings. The number of rotatable bonds is 5. The van der Waals surface area contributed by atoms with Crippen molar-refractivity contribution >= 4 is 47.9 Å². The molecule has 0 saturated heterocycles. The van der Waals surface area contributed by atoms with Gasteiger partial charge in [0.15, 0.2) is 0 Å². The first kappa shape index (κ1) is 23.0. The van der Waals surface area contributed by atoms with Crippen LogP contribution in [-0.4, -0.2) is 16.9 Å². The van der Waals surface area contributed by atoms with E-state index in [4.69, 9.17) is 5.73 Å². The van der Waals surface area contributed by atoms with Gasteiger partial charge in [0.25, 0.3) is 5.91 Å². The van der Waals surface area contributed by atoms with Gasteiger partial charge in [0.05, 0.1) is 11.9 Å². The summed E-state index contributed by atoms with van der Waals surface area (Å²) in [5, 5.41) is 6.31. The number of benzene rings is 1. The van der Waals surface area contributed by atoms with Crippen LogP contribution < -0.4 is 16.4 Å². The Morgan fingerprint density at radius 1 is 1.12 bits per heavy atom. The van der Waals surface area contributed by atoms with Crippen molar-refractivity contribution in [2.24, 2.45) is 5.92 Å². The molecule has 7 heteroatoms. The normalized spacial score (nSPS) is 11.1. The minimum atomic E-state index is -0.157. The first-order valence-electron chi connectivity index (χ1n) is 7.77. The lowest BCUT2D eigenvalue weighted by Crippen LogP contribution is -2.23. The molecule has 0 aliphatic carbocycles. The molecule has 1 atom stereocenters. The summed E-state index contributed by atoms with van der Waals surface area (Å²) in [5.74, 6) is 0.774. The van der Waals surface area contributed by atoms with E-state index in [1.165, 1.54) is 0 Å². The summed E-state index contributed by atoms with van der Waals surface area (Å²) >= 11 is 0. The smallest absolute Gasteiger partial charge is 0.256 e.